The van der Waals surface area contributed by atoms with E-state index in [-0.39, 0.29) is 25.9 Å². The van der Waals surface area contributed by atoms with E-state index < -0.39 is 6.10 Å². The lowest BCUT2D eigenvalue weighted by Crippen LogP contribution is -2.23. The zero-order valence-electron chi connectivity index (χ0n) is 11.2. The van der Waals surface area contributed by atoms with E-state index in [1.54, 1.807) is 10.9 Å². The molecular weight excluding hydrogens is 264 g/mol. The Hall–Kier alpha value is -1.97. The average Bonchev–Trinajstić information content (AvgIpc) is 2.83. The Morgan fingerprint density at radius 3 is 2.80 bits per heavy atom. The molecule has 0 atom stereocenters. The SMILES string of the molecule is CCNc1nc(N)nc2c1ncn2COC(CO)CO. The van der Waals surface area contributed by atoms with Crippen LogP contribution in [-0.4, -0.2) is 55.6 Å². The molecule has 0 saturated heterocycles. The predicted molar refractivity (Wildman–Crippen MR) is 72.9 cm³/mol. The van der Waals surface area contributed by atoms with Crippen molar-refractivity contribution < 1.29 is 14.9 Å². The van der Waals surface area contributed by atoms with Crippen LogP contribution in [0.2, 0.25) is 0 Å². The van der Waals surface area contributed by atoms with Crippen LogP contribution in [-0.2, 0) is 11.5 Å². The van der Waals surface area contributed by atoms with Crippen molar-refractivity contribution in [1.29, 1.82) is 0 Å². The quantitative estimate of drug-likeness (QED) is 0.517. The van der Waals surface area contributed by atoms with Gasteiger partial charge in [0, 0.05) is 6.54 Å². The number of hydrogen-bond acceptors (Lipinski definition) is 8. The topological polar surface area (TPSA) is 131 Å². The molecule has 2 rings (SSSR count). The second kappa shape index (κ2) is 6.46. The fourth-order valence-corrected chi connectivity index (χ4v) is 1.70. The maximum Gasteiger partial charge on any atom is 0.224 e. The number of nitrogens with two attached hydrogens (primary N) is 1. The van der Waals surface area contributed by atoms with Gasteiger partial charge in [-0.25, -0.2) is 4.98 Å². The summed E-state index contributed by atoms with van der Waals surface area (Å²) in [6.07, 6.45) is 0.908. The number of rotatable bonds is 7. The highest BCUT2D eigenvalue weighted by molar-refractivity contribution is 5.84. The maximum atomic E-state index is 8.96. The van der Waals surface area contributed by atoms with Crippen LogP contribution in [0.15, 0.2) is 6.33 Å². The Kier molecular flexibility index (Phi) is 4.66. The van der Waals surface area contributed by atoms with E-state index in [2.05, 4.69) is 20.3 Å². The molecule has 0 aliphatic carbocycles. The average molecular weight is 282 g/mol. The van der Waals surface area contributed by atoms with Crippen molar-refractivity contribution in [3.05, 3.63) is 6.33 Å². The lowest BCUT2D eigenvalue weighted by Gasteiger charge is -2.13. The molecule has 0 aliphatic rings. The molecule has 20 heavy (non-hydrogen) atoms. The summed E-state index contributed by atoms with van der Waals surface area (Å²) < 4.78 is 6.97. The van der Waals surface area contributed by atoms with Gasteiger partial charge in [-0.15, -0.1) is 0 Å². The highest BCUT2D eigenvalue weighted by atomic mass is 16.5. The fourth-order valence-electron chi connectivity index (χ4n) is 1.70. The van der Waals surface area contributed by atoms with Gasteiger partial charge in [0.2, 0.25) is 5.95 Å². The molecule has 9 heteroatoms. The van der Waals surface area contributed by atoms with Crippen molar-refractivity contribution >= 4 is 22.9 Å². The number of aliphatic hydroxyl groups is 2. The standard InChI is InChI=1S/C11H18N6O3/c1-2-13-9-8-10(16-11(12)15-9)17(5-14-8)6-20-7(3-18)4-19/h5,7,18-19H,2-4,6H2,1H3,(H3,12,13,15,16). The highest BCUT2D eigenvalue weighted by Gasteiger charge is 2.13. The van der Waals surface area contributed by atoms with Gasteiger partial charge in [-0.1, -0.05) is 0 Å². The van der Waals surface area contributed by atoms with E-state index >= 15 is 0 Å². The minimum atomic E-state index is -0.639. The van der Waals surface area contributed by atoms with Crippen LogP contribution in [0.5, 0.6) is 0 Å². The molecule has 0 aromatic carbocycles. The second-order valence-corrected chi connectivity index (χ2v) is 4.13. The Bertz CT molecular complexity index is 569. The number of nitrogens with zero attached hydrogens (tertiary/aromatic N) is 4. The molecule has 0 amide bonds. The second-order valence-electron chi connectivity index (χ2n) is 4.13. The first-order valence-electron chi connectivity index (χ1n) is 6.25. The summed E-state index contributed by atoms with van der Waals surface area (Å²) in [5.74, 6) is 0.700. The number of aliphatic hydroxyl groups excluding tert-OH is 2. The molecule has 0 aliphatic heterocycles. The number of ether oxygens (including phenoxy) is 1. The molecule has 0 bridgehead atoms. The molecule has 5 N–H and O–H groups in total. The van der Waals surface area contributed by atoms with Gasteiger partial charge in [-0.2, -0.15) is 9.97 Å². The Morgan fingerprint density at radius 2 is 2.15 bits per heavy atom. The van der Waals surface area contributed by atoms with Gasteiger partial charge in [-0.05, 0) is 6.92 Å². The summed E-state index contributed by atoms with van der Waals surface area (Å²) in [7, 11) is 0. The Labute approximate surface area is 115 Å². The van der Waals surface area contributed by atoms with E-state index in [4.69, 9.17) is 20.7 Å². The predicted octanol–water partition coefficient (Wildman–Crippen LogP) is -0.832. The van der Waals surface area contributed by atoms with Crippen molar-refractivity contribution in [3.8, 4) is 0 Å². The van der Waals surface area contributed by atoms with E-state index in [0.717, 1.165) is 0 Å². The third-order valence-electron chi connectivity index (χ3n) is 2.68. The zero-order chi connectivity index (χ0) is 14.5. The number of imidazole rings is 1. The summed E-state index contributed by atoms with van der Waals surface area (Å²) in [6, 6.07) is 0. The van der Waals surface area contributed by atoms with Crippen LogP contribution in [0.4, 0.5) is 11.8 Å². The molecule has 0 fully saturated rings. The summed E-state index contributed by atoms with van der Waals surface area (Å²) >= 11 is 0. The number of aromatic nitrogens is 4. The summed E-state index contributed by atoms with van der Waals surface area (Å²) in [6.45, 7) is 2.21. The lowest BCUT2D eigenvalue weighted by atomic mass is 10.4. The van der Waals surface area contributed by atoms with Gasteiger partial charge in [0.1, 0.15) is 12.8 Å². The van der Waals surface area contributed by atoms with Gasteiger partial charge in [0.25, 0.3) is 0 Å². The van der Waals surface area contributed by atoms with Crippen LogP contribution in [0.25, 0.3) is 11.2 Å². The fraction of sp³-hybridized carbons (Fsp3) is 0.545. The summed E-state index contributed by atoms with van der Waals surface area (Å²) in [5, 5.41) is 21.0. The van der Waals surface area contributed by atoms with Crippen LogP contribution in [0.3, 0.4) is 0 Å². The Morgan fingerprint density at radius 1 is 1.40 bits per heavy atom. The van der Waals surface area contributed by atoms with Crippen LogP contribution < -0.4 is 11.1 Å². The third-order valence-corrected chi connectivity index (χ3v) is 2.68. The number of nitrogen functional groups attached to an aromatic ring is 1. The first kappa shape index (κ1) is 14.4. The number of anilines is 2. The maximum absolute atomic E-state index is 8.96. The molecule has 2 aromatic heterocycles. The molecule has 0 unspecified atom stereocenters. The van der Waals surface area contributed by atoms with Crippen molar-refractivity contribution in [2.75, 3.05) is 30.8 Å². The van der Waals surface area contributed by atoms with Crippen molar-refractivity contribution in [2.45, 2.75) is 19.8 Å². The molecule has 0 saturated carbocycles. The highest BCUT2D eigenvalue weighted by Crippen LogP contribution is 2.19. The van der Waals surface area contributed by atoms with E-state index in [9.17, 15) is 0 Å². The first-order valence-corrected chi connectivity index (χ1v) is 6.25. The molecule has 2 aromatic rings. The molecule has 0 radical (unpaired) electrons. The summed E-state index contributed by atoms with van der Waals surface area (Å²) in [4.78, 5) is 12.4. The largest absolute Gasteiger partial charge is 0.394 e. The lowest BCUT2D eigenvalue weighted by molar-refractivity contribution is -0.0488. The van der Waals surface area contributed by atoms with Gasteiger partial charge in [0.15, 0.2) is 17.0 Å². The van der Waals surface area contributed by atoms with Crippen LogP contribution in [0.1, 0.15) is 6.92 Å². The first-order chi connectivity index (χ1) is 9.69. The van der Waals surface area contributed by atoms with Gasteiger partial charge >= 0.3 is 0 Å². The monoisotopic (exact) mass is 282 g/mol. The summed E-state index contributed by atoms with van der Waals surface area (Å²) in [5.41, 5.74) is 6.79. The molecule has 9 nitrogen and oxygen atoms in total. The van der Waals surface area contributed by atoms with Crippen LogP contribution in [0, 0.1) is 0 Å². The van der Waals surface area contributed by atoms with Crippen molar-refractivity contribution in [2.24, 2.45) is 0 Å². The number of hydrogen-bond donors (Lipinski definition) is 4. The van der Waals surface area contributed by atoms with E-state index in [1.807, 2.05) is 6.92 Å². The molecule has 0 spiro atoms. The molecule has 110 valence electrons. The minimum Gasteiger partial charge on any atom is -0.394 e. The normalized spacial score (nSPS) is 11.4. The van der Waals surface area contributed by atoms with Gasteiger partial charge in [-0.3, -0.25) is 4.57 Å². The van der Waals surface area contributed by atoms with E-state index in [0.29, 0.717) is 23.5 Å². The van der Waals surface area contributed by atoms with Gasteiger partial charge in [0.05, 0.1) is 19.5 Å². The van der Waals surface area contributed by atoms with E-state index in [1.165, 1.54) is 0 Å². The Balaban J connectivity index is 2.26. The zero-order valence-corrected chi connectivity index (χ0v) is 11.2. The molecular formula is C11H18N6O3. The number of nitrogens with one attached hydrogen (secondary N) is 1. The van der Waals surface area contributed by atoms with Crippen LogP contribution >= 0.6 is 0 Å². The van der Waals surface area contributed by atoms with Crippen molar-refractivity contribution in [3.63, 3.8) is 0 Å². The number of fused-ring (bicyclic) bond motifs is 1. The molecule has 2 heterocycles. The smallest absolute Gasteiger partial charge is 0.224 e. The van der Waals surface area contributed by atoms with Gasteiger partial charge < -0.3 is 26.0 Å². The minimum absolute atomic E-state index is 0.101. The van der Waals surface area contributed by atoms with Crippen molar-refractivity contribution in [1.82, 2.24) is 19.5 Å². The third kappa shape index (κ3) is 2.95.